The molecule has 1 aliphatic heterocycles. The van der Waals surface area contributed by atoms with Crippen molar-refractivity contribution in [3.05, 3.63) is 34.1 Å². The van der Waals surface area contributed by atoms with E-state index in [4.69, 9.17) is 0 Å². The first kappa shape index (κ1) is 11.3. The van der Waals surface area contributed by atoms with Crippen molar-refractivity contribution < 1.29 is 0 Å². The number of aryl methyl sites for hydroxylation is 2. The molecule has 3 nitrogen and oxygen atoms in total. The molecule has 1 aliphatic rings. The molecule has 3 rings (SSSR count). The Balaban J connectivity index is 2.39. The second-order valence-electron chi connectivity index (χ2n) is 5.23. The number of aromatic nitrogens is 2. The molecule has 0 bridgehead atoms. The van der Waals surface area contributed by atoms with Gasteiger partial charge in [-0.15, -0.1) is 0 Å². The first-order valence-electron chi connectivity index (χ1n) is 6.39. The predicted molar refractivity (Wildman–Crippen MR) is 72.9 cm³/mol. The topological polar surface area (TPSA) is 38.1 Å². The molecule has 2 atom stereocenters. The molecular formula is C15H17N3. The minimum Gasteiger partial charge on any atom is -0.262 e. The molecule has 0 aromatic carbocycles. The molecule has 3 heterocycles. The summed E-state index contributed by atoms with van der Waals surface area (Å²) in [5.74, 6) is 0.469. The number of hydrogen-bond acceptors (Lipinski definition) is 3. The standard InChI is InChI=1S/C15H17N3/c1-8-5-12-7-13-6-9(2)11(4)17-15(13)18-14(12)16-10(8)3/h5-8,10H,1-4H3. The predicted octanol–water partition coefficient (Wildman–Crippen LogP) is 1.68. The maximum Gasteiger partial charge on any atom is 0.161 e. The lowest BCUT2D eigenvalue weighted by Gasteiger charge is -2.15. The van der Waals surface area contributed by atoms with E-state index >= 15 is 0 Å². The van der Waals surface area contributed by atoms with Crippen molar-refractivity contribution in [3.8, 4) is 0 Å². The monoisotopic (exact) mass is 239 g/mol. The van der Waals surface area contributed by atoms with Gasteiger partial charge in [0.25, 0.3) is 0 Å². The van der Waals surface area contributed by atoms with Crippen LogP contribution in [0, 0.1) is 19.8 Å². The van der Waals surface area contributed by atoms with Gasteiger partial charge in [0.1, 0.15) is 0 Å². The van der Waals surface area contributed by atoms with Crippen molar-refractivity contribution in [2.45, 2.75) is 33.7 Å². The second kappa shape index (κ2) is 3.87. The Hall–Kier alpha value is -1.77. The number of rotatable bonds is 0. The van der Waals surface area contributed by atoms with Crippen LogP contribution in [0.25, 0.3) is 17.1 Å². The zero-order chi connectivity index (χ0) is 12.9. The molecule has 0 saturated heterocycles. The molecule has 0 saturated carbocycles. The van der Waals surface area contributed by atoms with Gasteiger partial charge in [-0.1, -0.05) is 13.0 Å². The van der Waals surface area contributed by atoms with Crippen LogP contribution in [0.5, 0.6) is 0 Å². The third kappa shape index (κ3) is 1.70. The summed E-state index contributed by atoms with van der Waals surface area (Å²) in [5, 5.41) is 2.24. The summed E-state index contributed by atoms with van der Waals surface area (Å²) in [5.41, 5.74) is 3.88. The van der Waals surface area contributed by atoms with Crippen molar-refractivity contribution in [2.24, 2.45) is 10.9 Å². The molecule has 2 aromatic heterocycles. The van der Waals surface area contributed by atoms with Gasteiger partial charge in [-0.3, -0.25) is 4.99 Å². The van der Waals surface area contributed by atoms with Gasteiger partial charge >= 0.3 is 0 Å². The number of hydrogen-bond donors (Lipinski definition) is 0. The van der Waals surface area contributed by atoms with Gasteiger partial charge in [0.05, 0.1) is 6.04 Å². The van der Waals surface area contributed by atoms with E-state index in [1.165, 1.54) is 5.56 Å². The van der Waals surface area contributed by atoms with Gasteiger partial charge in [0.15, 0.2) is 11.1 Å². The van der Waals surface area contributed by atoms with Crippen LogP contribution in [0.2, 0.25) is 0 Å². The molecule has 0 radical (unpaired) electrons. The third-order valence-corrected chi connectivity index (χ3v) is 3.78. The van der Waals surface area contributed by atoms with Crippen molar-refractivity contribution in [1.29, 1.82) is 0 Å². The molecule has 2 unspecified atom stereocenters. The van der Waals surface area contributed by atoms with Gasteiger partial charge in [-0.2, -0.15) is 0 Å². The summed E-state index contributed by atoms with van der Waals surface area (Å²) in [6.07, 6.45) is 2.26. The maximum atomic E-state index is 4.65. The molecule has 3 heteroatoms. The molecule has 0 spiro atoms. The van der Waals surface area contributed by atoms with Crippen molar-refractivity contribution >= 4 is 17.1 Å². The fourth-order valence-electron chi connectivity index (χ4n) is 2.27. The van der Waals surface area contributed by atoms with Crippen LogP contribution in [-0.2, 0) is 0 Å². The van der Waals surface area contributed by atoms with E-state index < -0.39 is 0 Å². The molecule has 0 aliphatic carbocycles. The Morgan fingerprint density at radius 3 is 2.61 bits per heavy atom. The van der Waals surface area contributed by atoms with E-state index in [9.17, 15) is 0 Å². The summed E-state index contributed by atoms with van der Waals surface area (Å²) in [6.45, 7) is 8.42. The SMILES string of the molecule is Cc1cc2cc3c(nc2nc1C)=NC(C)C(C)C=3. The highest BCUT2D eigenvalue weighted by Crippen LogP contribution is 2.13. The summed E-state index contributed by atoms with van der Waals surface area (Å²) in [6, 6.07) is 4.61. The molecule has 92 valence electrons. The van der Waals surface area contributed by atoms with Gasteiger partial charge in [0.2, 0.25) is 0 Å². The Morgan fingerprint density at radius 2 is 1.83 bits per heavy atom. The lowest BCUT2D eigenvalue weighted by molar-refractivity contribution is 0.581. The van der Waals surface area contributed by atoms with Crippen LogP contribution in [0.1, 0.15) is 25.1 Å². The van der Waals surface area contributed by atoms with Crippen LogP contribution >= 0.6 is 0 Å². The normalized spacial score (nSPS) is 22.2. The average molecular weight is 239 g/mol. The Morgan fingerprint density at radius 1 is 1.06 bits per heavy atom. The molecule has 0 fully saturated rings. The van der Waals surface area contributed by atoms with Crippen LogP contribution in [0.4, 0.5) is 0 Å². The van der Waals surface area contributed by atoms with Crippen LogP contribution < -0.4 is 10.7 Å². The fraction of sp³-hybridized carbons (Fsp3) is 0.400. The quantitative estimate of drug-likeness (QED) is 0.701. The molecule has 2 aromatic rings. The number of fused-ring (bicyclic) bond motifs is 2. The van der Waals surface area contributed by atoms with Crippen molar-refractivity contribution in [1.82, 2.24) is 9.97 Å². The zero-order valence-electron chi connectivity index (χ0n) is 11.2. The fourth-order valence-corrected chi connectivity index (χ4v) is 2.27. The van der Waals surface area contributed by atoms with E-state index in [-0.39, 0.29) is 0 Å². The van der Waals surface area contributed by atoms with Crippen molar-refractivity contribution in [2.75, 3.05) is 0 Å². The minimum atomic E-state index is 0.300. The van der Waals surface area contributed by atoms with E-state index in [0.29, 0.717) is 12.0 Å². The lowest BCUT2D eigenvalue weighted by Crippen LogP contribution is -2.36. The van der Waals surface area contributed by atoms with Gasteiger partial charge < -0.3 is 0 Å². The highest BCUT2D eigenvalue weighted by atomic mass is 14.9. The van der Waals surface area contributed by atoms with Crippen LogP contribution in [0.3, 0.4) is 0 Å². The highest BCUT2D eigenvalue weighted by molar-refractivity contribution is 5.75. The summed E-state index contributed by atoms with van der Waals surface area (Å²) in [4.78, 5) is 13.8. The Kier molecular flexibility index (Phi) is 2.44. The molecule has 0 amide bonds. The van der Waals surface area contributed by atoms with Crippen molar-refractivity contribution in [3.63, 3.8) is 0 Å². The molecule has 0 N–H and O–H groups in total. The van der Waals surface area contributed by atoms with E-state index in [2.05, 4.69) is 53.9 Å². The van der Waals surface area contributed by atoms with Gasteiger partial charge in [-0.05, 0) is 44.4 Å². The first-order chi connectivity index (χ1) is 8.54. The van der Waals surface area contributed by atoms with Crippen LogP contribution in [-0.4, -0.2) is 16.0 Å². The first-order valence-corrected chi connectivity index (χ1v) is 6.39. The summed E-state index contributed by atoms with van der Waals surface area (Å²) >= 11 is 0. The molecular weight excluding hydrogens is 222 g/mol. The largest absolute Gasteiger partial charge is 0.262 e. The Labute approximate surface area is 106 Å². The second-order valence-corrected chi connectivity index (χ2v) is 5.23. The summed E-state index contributed by atoms with van der Waals surface area (Å²) in [7, 11) is 0. The van der Waals surface area contributed by atoms with E-state index in [1.807, 2.05) is 6.92 Å². The van der Waals surface area contributed by atoms with E-state index in [1.54, 1.807) is 0 Å². The van der Waals surface area contributed by atoms with Gasteiger partial charge in [-0.25, -0.2) is 9.97 Å². The van der Waals surface area contributed by atoms with Crippen LogP contribution in [0.15, 0.2) is 17.1 Å². The third-order valence-electron chi connectivity index (χ3n) is 3.78. The summed E-state index contributed by atoms with van der Waals surface area (Å²) < 4.78 is 0. The average Bonchev–Trinajstić information content (AvgIpc) is 2.31. The Bertz CT molecular complexity index is 682. The highest BCUT2D eigenvalue weighted by Gasteiger charge is 2.13. The maximum absolute atomic E-state index is 4.65. The lowest BCUT2D eigenvalue weighted by atomic mass is 10.0. The zero-order valence-corrected chi connectivity index (χ0v) is 11.2. The minimum absolute atomic E-state index is 0.300. The van der Waals surface area contributed by atoms with E-state index in [0.717, 1.165) is 27.4 Å². The number of pyridine rings is 2. The number of nitrogens with zero attached hydrogens (tertiary/aromatic N) is 3. The molecule has 18 heavy (non-hydrogen) atoms. The smallest absolute Gasteiger partial charge is 0.161 e. The van der Waals surface area contributed by atoms with Gasteiger partial charge in [0, 0.05) is 16.3 Å².